The Morgan fingerprint density at radius 3 is 2.71 bits per heavy atom. The second-order valence-corrected chi connectivity index (χ2v) is 6.61. The maximum absolute atomic E-state index is 12.8. The molecule has 7 nitrogen and oxygen atoms in total. The molecule has 0 unspecified atom stereocenters. The van der Waals surface area contributed by atoms with E-state index in [-0.39, 0.29) is 5.91 Å². The number of hydrogen-bond donors (Lipinski definition) is 1. The fraction of sp³-hybridized carbons (Fsp3) is 0.208. The van der Waals surface area contributed by atoms with Gasteiger partial charge in [-0.15, -0.1) is 0 Å². The predicted molar refractivity (Wildman–Crippen MR) is 120 cm³/mol. The number of ether oxygens (including phenoxy) is 3. The summed E-state index contributed by atoms with van der Waals surface area (Å²) < 4.78 is 16.3. The van der Waals surface area contributed by atoms with Gasteiger partial charge in [0.2, 0.25) is 0 Å². The van der Waals surface area contributed by atoms with E-state index in [1.54, 1.807) is 32.5 Å². The lowest BCUT2D eigenvalue weighted by atomic mass is 10.1. The van der Waals surface area contributed by atoms with Gasteiger partial charge in [0.05, 0.1) is 19.9 Å². The Morgan fingerprint density at radius 1 is 1.06 bits per heavy atom. The second kappa shape index (κ2) is 11.5. The highest BCUT2D eigenvalue weighted by atomic mass is 16.5. The Labute approximate surface area is 181 Å². The van der Waals surface area contributed by atoms with E-state index in [1.807, 2.05) is 42.5 Å². The van der Waals surface area contributed by atoms with Crippen LogP contribution >= 0.6 is 0 Å². The third kappa shape index (κ3) is 6.65. The molecule has 0 bridgehead atoms. The molecule has 0 atom stereocenters. The molecule has 31 heavy (non-hydrogen) atoms. The zero-order valence-corrected chi connectivity index (χ0v) is 17.6. The van der Waals surface area contributed by atoms with Gasteiger partial charge in [0.1, 0.15) is 11.5 Å². The van der Waals surface area contributed by atoms with Gasteiger partial charge in [-0.2, -0.15) is 0 Å². The number of nitrogens with zero attached hydrogens (tertiary/aromatic N) is 2. The Kier molecular flexibility index (Phi) is 8.13. The van der Waals surface area contributed by atoms with Crippen molar-refractivity contribution < 1.29 is 19.0 Å². The van der Waals surface area contributed by atoms with Crippen LogP contribution < -0.4 is 14.8 Å². The minimum absolute atomic E-state index is 0.296. The van der Waals surface area contributed by atoms with Crippen LogP contribution in [0.25, 0.3) is 12.2 Å². The summed E-state index contributed by atoms with van der Waals surface area (Å²) in [6.07, 6.45) is 9.16. The minimum atomic E-state index is -0.296. The van der Waals surface area contributed by atoms with E-state index >= 15 is 0 Å². The summed E-state index contributed by atoms with van der Waals surface area (Å²) in [6, 6.07) is 13.1. The van der Waals surface area contributed by atoms with Crippen molar-refractivity contribution in [3.8, 4) is 11.5 Å². The normalized spacial score (nSPS) is 10.8. The average molecular weight is 419 g/mol. The number of anilines is 1. The van der Waals surface area contributed by atoms with E-state index in [1.165, 1.54) is 12.4 Å². The van der Waals surface area contributed by atoms with Crippen molar-refractivity contribution in [2.24, 2.45) is 0 Å². The van der Waals surface area contributed by atoms with Crippen molar-refractivity contribution in [2.75, 3.05) is 32.8 Å². The molecule has 3 rings (SSSR count). The highest BCUT2D eigenvalue weighted by molar-refractivity contribution is 6.04. The first-order chi connectivity index (χ1) is 15.2. The summed E-state index contributed by atoms with van der Waals surface area (Å²) in [7, 11) is 3.29. The van der Waals surface area contributed by atoms with Gasteiger partial charge < -0.3 is 19.5 Å². The molecule has 1 heterocycles. The van der Waals surface area contributed by atoms with Gasteiger partial charge in [-0.1, -0.05) is 30.4 Å². The molecular weight excluding hydrogens is 394 g/mol. The molecule has 0 aliphatic rings. The molecule has 0 aliphatic heterocycles. The Hall–Kier alpha value is -3.71. The average Bonchev–Trinajstić information content (AvgIpc) is 2.81. The Balaban J connectivity index is 1.85. The van der Waals surface area contributed by atoms with Crippen molar-refractivity contribution in [2.45, 2.75) is 6.42 Å². The fourth-order valence-electron chi connectivity index (χ4n) is 2.87. The van der Waals surface area contributed by atoms with Gasteiger partial charge in [-0.3, -0.25) is 9.78 Å². The largest absolute Gasteiger partial charge is 0.496 e. The molecule has 0 saturated carbocycles. The van der Waals surface area contributed by atoms with E-state index in [4.69, 9.17) is 14.2 Å². The highest BCUT2D eigenvalue weighted by Crippen LogP contribution is 2.23. The van der Waals surface area contributed by atoms with E-state index in [2.05, 4.69) is 15.3 Å². The quantitative estimate of drug-likeness (QED) is 0.389. The fourth-order valence-corrected chi connectivity index (χ4v) is 2.87. The number of rotatable bonds is 10. The number of hydrogen-bond acceptors (Lipinski definition) is 6. The molecule has 7 heteroatoms. The number of carbonyl (C=O) groups is 1. The number of aromatic nitrogens is 2. The third-order valence-electron chi connectivity index (χ3n) is 4.35. The van der Waals surface area contributed by atoms with E-state index in [0.29, 0.717) is 30.3 Å². The van der Waals surface area contributed by atoms with Crippen LogP contribution in [0.4, 0.5) is 5.82 Å². The zero-order chi connectivity index (χ0) is 21.9. The van der Waals surface area contributed by atoms with Crippen molar-refractivity contribution in [3.05, 3.63) is 77.7 Å². The van der Waals surface area contributed by atoms with Crippen molar-refractivity contribution >= 4 is 23.9 Å². The lowest BCUT2D eigenvalue weighted by Gasteiger charge is -2.10. The highest BCUT2D eigenvalue weighted by Gasteiger charge is 2.10. The maximum Gasteiger partial charge on any atom is 0.257 e. The SMILES string of the molecule is COCCCOc1cc(/C=C/c2ccccc2OC)cc(C(=O)Nc2cnccn2)c1. The number of para-hydroxylation sites is 1. The monoisotopic (exact) mass is 419 g/mol. The lowest BCUT2D eigenvalue weighted by molar-refractivity contribution is 0.102. The number of methoxy groups -OCH3 is 2. The van der Waals surface area contributed by atoms with Crippen LogP contribution in [0.2, 0.25) is 0 Å². The third-order valence-corrected chi connectivity index (χ3v) is 4.35. The summed E-state index contributed by atoms with van der Waals surface area (Å²) in [4.78, 5) is 20.8. The minimum Gasteiger partial charge on any atom is -0.496 e. The van der Waals surface area contributed by atoms with Crippen LogP contribution in [0.15, 0.2) is 61.1 Å². The number of carbonyl (C=O) groups excluding carboxylic acids is 1. The molecular formula is C24H25N3O4. The first-order valence-electron chi connectivity index (χ1n) is 9.85. The molecule has 0 spiro atoms. The second-order valence-electron chi connectivity index (χ2n) is 6.61. The van der Waals surface area contributed by atoms with Crippen molar-refractivity contribution in [3.63, 3.8) is 0 Å². The van der Waals surface area contributed by atoms with Gasteiger partial charge in [-0.25, -0.2) is 4.98 Å². The zero-order valence-electron chi connectivity index (χ0n) is 17.6. The maximum atomic E-state index is 12.8. The van der Waals surface area contributed by atoms with E-state index < -0.39 is 0 Å². The molecule has 0 aliphatic carbocycles. The van der Waals surface area contributed by atoms with Crippen LogP contribution in [-0.2, 0) is 4.74 Å². The van der Waals surface area contributed by atoms with Gasteiger partial charge in [0, 0.05) is 43.7 Å². The molecule has 1 N–H and O–H groups in total. The van der Waals surface area contributed by atoms with Crippen LogP contribution in [0.3, 0.4) is 0 Å². The van der Waals surface area contributed by atoms with Gasteiger partial charge in [-0.05, 0) is 29.8 Å². The molecule has 1 amide bonds. The number of amides is 1. The first-order valence-corrected chi connectivity index (χ1v) is 9.85. The van der Waals surface area contributed by atoms with Gasteiger partial charge in [0.25, 0.3) is 5.91 Å². The molecule has 0 saturated heterocycles. The number of benzene rings is 2. The topological polar surface area (TPSA) is 82.6 Å². The van der Waals surface area contributed by atoms with Crippen LogP contribution in [0.1, 0.15) is 27.9 Å². The van der Waals surface area contributed by atoms with Crippen molar-refractivity contribution in [1.82, 2.24) is 9.97 Å². The molecule has 3 aromatic rings. The molecule has 0 fully saturated rings. The van der Waals surface area contributed by atoms with Crippen molar-refractivity contribution in [1.29, 1.82) is 0 Å². The summed E-state index contributed by atoms with van der Waals surface area (Å²) in [5.41, 5.74) is 2.20. The summed E-state index contributed by atoms with van der Waals surface area (Å²) in [5, 5.41) is 2.75. The summed E-state index contributed by atoms with van der Waals surface area (Å²) in [6.45, 7) is 1.09. The molecule has 1 aromatic heterocycles. The number of nitrogens with one attached hydrogen (secondary N) is 1. The van der Waals surface area contributed by atoms with E-state index in [9.17, 15) is 4.79 Å². The van der Waals surface area contributed by atoms with E-state index in [0.717, 1.165) is 23.3 Å². The molecule has 0 radical (unpaired) electrons. The first kappa shape index (κ1) is 22.0. The predicted octanol–water partition coefficient (Wildman–Crippen LogP) is 4.32. The standard InChI is InChI=1S/C24H25N3O4/c1-29-12-5-13-31-21-15-18(8-9-19-6-3-4-7-22(19)30-2)14-20(16-21)24(28)27-23-17-25-10-11-26-23/h3-4,6-11,14-17H,5,12-13H2,1-2H3,(H,26,27,28)/b9-8+. The van der Waals surface area contributed by atoms with Gasteiger partial charge in [0.15, 0.2) is 5.82 Å². The molecule has 2 aromatic carbocycles. The summed E-state index contributed by atoms with van der Waals surface area (Å²) >= 11 is 0. The lowest BCUT2D eigenvalue weighted by Crippen LogP contribution is -2.13. The van der Waals surface area contributed by atoms with Crippen LogP contribution in [-0.4, -0.2) is 43.3 Å². The Bertz CT molecular complexity index is 1020. The van der Waals surface area contributed by atoms with Crippen LogP contribution in [0, 0.1) is 0 Å². The Morgan fingerprint density at radius 2 is 1.94 bits per heavy atom. The molecule has 160 valence electrons. The smallest absolute Gasteiger partial charge is 0.257 e. The van der Waals surface area contributed by atoms with Gasteiger partial charge >= 0.3 is 0 Å². The summed E-state index contributed by atoms with van der Waals surface area (Å²) in [5.74, 6) is 1.45. The van der Waals surface area contributed by atoms with Crippen LogP contribution in [0.5, 0.6) is 11.5 Å².